The van der Waals surface area contributed by atoms with Gasteiger partial charge in [0.1, 0.15) is 11.0 Å². The van der Waals surface area contributed by atoms with Gasteiger partial charge in [0.15, 0.2) is 0 Å². The number of carbonyl (C=O) groups excluding carboxylic acids is 1. The van der Waals surface area contributed by atoms with Crippen LogP contribution in [-0.2, 0) is 4.79 Å². The third-order valence-corrected chi connectivity index (χ3v) is 1.93. The van der Waals surface area contributed by atoms with Crippen molar-refractivity contribution < 1.29 is 18.0 Å². The van der Waals surface area contributed by atoms with Crippen LogP contribution in [0.15, 0.2) is 18.2 Å². The third-order valence-electron chi connectivity index (χ3n) is 1.93. The van der Waals surface area contributed by atoms with E-state index in [1.807, 2.05) is 0 Å². The van der Waals surface area contributed by atoms with E-state index in [1.165, 1.54) is 18.2 Å². The average Bonchev–Trinajstić information content (AvgIpc) is 2.60. The van der Waals surface area contributed by atoms with Crippen LogP contribution in [0.2, 0.25) is 0 Å². The second kappa shape index (κ2) is 3.61. The minimum atomic E-state index is -4.99. The first-order valence-corrected chi connectivity index (χ1v) is 4.37. The lowest BCUT2D eigenvalue weighted by Crippen LogP contribution is -2.35. The van der Waals surface area contributed by atoms with Gasteiger partial charge in [-0.3, -0.25) is 4.79 Å². The zero-order valence-electron chi connectivity index (χ0n) is 8.19. The van der Waals surface area contributed by atoms with Crippen LogP contribution in [0, 0.1) is 0 Å². The molecular formula is C8H6F3N5O. The summed E-state index contributed by atoms with van der Waals surface area (Å²) in [6.07, 6.45) is -4.99. The summed E-state index contributed by atoms with van der Waals surface area (Å²) in [5, 5.41) is 6.94. The molecule has 0 aliphatic heterocycles. The fraction of sp³-hybridized carbons (Fsp3) is 0.125. The molecule has 17 heavy (non-hydrogen) atoms. The van der Waals surface area contributed by atoms with Crippen LogP contribution >= 0.6 is 0 Å². The Morgan fingerprint density at radius 3 is 2.76 bits per heavy atom. The molecule has 0 radical (unpaired) electrons. The number of benzene rings is 1. The molecule has 1 aromatic heterocycles. The first kappa shape index (κ1) is 11.2. The Hall–Kier alpha value is -2.32. The van der Waals surface area contributed by atoms with Gasteiger partial charge in [0.05, 0.1) is 0 Å². The molecule has 1 aromatic carbocycles. The van der Waals surface area contributed by atoms with Gasteiger partial charge in [-0.25, -0.2) is 5.43 Å². The molecule has 3 N–H and O–H groups in total. The van der Waals surface area contributed by atoms with Crippen LogP contribution in [0.1, 0.15) is 0 Å². The van der Waals surface area contributed by atoms with Gasteiger partial charge in [-0.2, -0.15) is 18.0 Å². The molecule has 0 atom stereocenters. The summed E-state index contributed by atoms with van der Waals surface area (Å²) in [5.74, 6) is -2.13. The number of nitrogens with zero attached hydrogens (tertiary/aromatic N) is 3. The predicted molar refractivity (Wildman–Crippen MR) is 52.4 cm³/mol. The second-order valence-electron chi connectivity index (χ2n) is 3.19. The van der Waals surface area contributed by atoms with Crippen molar-refractivity contribution in [2.24, 2.45) is 0 Å². The van der Waals surface area contributed by atoms with E-state index in [2.05, 4.69) is 10.3 Å². The van der Waals surface area contributed by atoms with E-state index in [9.17, 15) is 18.0 Å². The van der Waals surface area contributed by atoms with Crippen LogP contribution in [0.5, 0.6) is 0 Å². The molecule has 0 spiro atoms. The highest BCUT2D eigenvalue weighted by molar-refractivity contribution is 5.90. The molecule has 2 rings (SSSR count). The Morgan fingerprint density at radius 2 is 2.12 bits per heavy atom. The van der Waals surface area contributed by atoms with Crippen molar-refractivity contribution in [2.75, 3.05) is 11.2 Å². The largest absolute Gasteiger partial charge is 0.473 e. The van der Waals surface area contributed by atoms with Gasteiger partial charge in [0, 0.05) is 5.69 Å². The summed E-state index contributed by atoms with van der Waals surface area (Å²) >= 11 is 0. The summed E-state index contributed by atoms with van der Waals surface area (Å²) in [6.45, 7) is 0. The van der Waals surface area contributed by atoms with Gasteiger partial charge >= 0.3 is 12.1 Å². The third kappa shape index (κ3) is 2.12. The average molecular weight is 245 g/mol. The van der Waals surface area contributed by atoms with Gasteiger partial charge in [0.2, 0.25) is 0 Å². The highest BCUT2D eigenvalue weighted by atomic mass is 19.4. The summed E-state index contributed by atoms with van der Waals surface area (Å²) in [5.41, 5.74) is 7.85. The summed E-state index contributed by atoms with van der Waals surface area (Å²) in [6, 6.07) is 4.35. The molecule has 0 saturated carbocycles. The summed E-state index contributed by atoms with van der Waals surface area (Å²) in [4.78, 5) is 11.3. The Morgan fingerprint density at radius 1 is 1.41 bits per heavy atom. The van der Waals surface area contributed by atoms with Crippen molar-refractivity contribution in [1.29, 1.82) is 0 Å². The lowest BCUT2D eigenvalue weighted by Gasteiger charge is -2.07. The first-order valence-electron chi connectivity index (χ1n) is 4.37. The zero-order chi connectivity index (χ0) is 12.6. The second-order valence-corrected chi connectivity index (χ2v) is 3.19. The number of halogens is 3. The van der Waals surface area contributed by atoms with Crippen molar-refractivity contribution >= 4 is 22.6 Å². The number of rotatable bonds is 1. The zero-order valence-corrected chi connectivity index (χ0v) is 8.19. The van der Waals surface area contributed by atoms with Crippen LogP contribution < -0.4 is 11.2 Å². The van der Waals surface area contributed by atoms with Crippen LogP contribution in [0.25, 0.3) is 11.0 Å². The Balaban J connectivity index is 2.37. The lowest BCUT2D eigenvalue weighted by molar-refractivity contribution is -0.168. The number of nitrogens with two attached hydrogens (primary N) is 1. The van der Waals surface area contributed by atoms with Crippen molar-refractivity contribution in [3.05, 3.63) is 18.2 Å². The molecule has 0 unspecified atom stereocenters. The highest BCUT2D eigenvalue weighted by Crippen LogP contribution is 2.17. The fourth-order valence-corrected chi connectivity index (χ4v) is 1.18. The SMILES string of the molecule is Nc1ccc2nnn(NC(=O)C(F)(F)F)c2c1. The molecule has 1 amide bonds. The number of hydrogen-bond donors (Lipinski definition) is 2. The Labute approximate surface area is 92.2 Å². The molecule has 1 heterocycles. The van der Waals surface area contributed by atoms with Crippen LogP contribution in [-0.4, -0.2) is 27.2 Å². The Bertz CT molecular complexity index is 576. The van der Waals surface area contributed by atoms with E-state index in [0.29, 0.717) is 16.0 Å². The van der Waals surface area contributed by atoms with Gasteiger partial charge in [0.25, 0.3) is 0 Å². The molecular weight excluding hydrogens is 239 g/mol. The van der Waals surface area contributed by atoms with E-state index in [0.717, 1.165) is 0 Å². The maximum absolute atomic E-state index is 12.0. The monoisotopic (exact) mass is 245 g/mol. The van der Waals surface area contributed by atoms with Crippen molar-refractivity contribution in [2.45, 2.75) is 6.18 Å². The van der Waals surface area contributed by atoms with E-state index < -0.39 is 12.1 Å². The Kier molecular flexibility index (Phi) is 2.37. The predicted octanol–water partition coefficient (Wildman–Crippen LogP) is 0.646. The number of alkyl halides is 3. The standard InChI is InChI=1S/C8H6F3N5O/c9-8(10,11)7(17)14-16-6-3-4(12)1-2-5(6)13-15-16/h1-3H,12H2,(H,14,17). The maximum atomic E-state index is 12.0. The van der Waals surface area contributed by atoms with E-state index in [1.54, 1.807) is 5.43 Å². The van der Waals surface area contributed by atoms with E-state index >= 15 is 0 Å². The van der Waals surface area contributed by atoms with Gasteiger partial charge in [-0.05, 0) is 23.4 Å². The molecule has 6 nitrogen and oxygen atoms in total. The topological polar surface area (TPSA) is 85.8 Å². The summed E-state index contributed by atoms with van der Waals surface area (Å²) in [7, 11) is 0. The smallest absolute Gasteiger partial charge is 0.399 e. The minimum Gasteiger partial charge on any atom is -0.399 e. The van der Waals surface area contributed by atoms with Crippen molar-refractivity contribution in [3.63, 3.8) is 0 Å². The number of hydrogen-bond acceptors (Lipinski definition) is 4. The quantitative estimate of drug-likeness (QED) is 0.722. The number of aromatic nitrogens is 3. The highest BCUT2D eigenvalue weighted by Gasteiger charge is 2.39. The molecule has 0 aliphatic carbocycles. The van der Waals surface area contributed by atoms with Crippen molar-refractivity contribution in [3.8, 4) is 0 Å². The molecule has 0 fully saturated rings. The number of nitrogens with one attached hydrogen (secondary N) is 1. The lowest BCUT2D eigenvalue weighted by atomic mass is 10.3. The van der Waals surface area contributed by atoms with Gasteiger partial charge < -0.3 is 5.73 Å². The molecule has 0 aliphatic rings. The van der Waals surface area contributed by atoms with Gasteiger partial charge in [-0.15, -0.1) is 5.10 Å². The van der Waals surface area contributed by atoms with E-state index in [4.69, 9.17) is 5.73 Å². The fourth-order valence-electron chi connectivity index (χ4n) is 1.18. The molecule has 90 valence electrons. The van der Waals surface area contributed by atoms with E-state index in [-0.39, 0.29) is 5.52 Å². The normalized spacial score (nSPS) is 11.7. The number of anilines is 1. The van der Waals surface area contributed by atoms with Crippen LogP contribution in [0.4, 0.5) is 18.9 Å². The molecule has 0 bridgehead atoms. The van der Waals surface area contributed by atoms with Gasteiger partial charge in [-0.1, -0.05) is 0 Å². The summed E-state index contributed by atoms with van der Waals surface area (Å²) < 4.78 is 36.1. The molecule has 2 aromatic rings. The molecule has 9 heteroatoms. The first-order chi connectivity index (χ1) is 7.88. The van der Waals surface area contributed by atoms with Crippen LogP contribution in [0.3, 0.4) is 0 Å². The van der Waals surface area contributed by atoms with Crippen molar-refractivity contribution in [1.82, 2.24) is 15.1 Å². The number of amides is 1. The maximum Gasteiger partial charge on any atom is 0.473 e. The number of fused-ring (bicyclic) bond motifs is 1. The minimum absolute atomic E-state index is 0.183. The number of carbonyl (C=O) groups is 1. The molecule has 0 saturated heterocycles. The number of nitrogen functional groups attached to an aromatic ring is 1.